The van der Waals surface area contributed by atoms with Gasteiger partial charge in [0.1, 0.15) is 68.1 Å². The Morgan fingerprint density at radius 3 is 0.538 bits per heavy atom. The first-order chi connectivity index (χ1) is 49.6. The van der Waals surface area contributed by atoms with Crippen LogP contribution in [0.25, 0.3) is 77.9 Å². The van der Waals surface area contributed by atoms with Gasteiger partial charge in [0, 0.05) is 43.2 Å². The second kappa shape index (κ2) is 34.5. The van der Waals surface area contributed by atoms with Gasteiger partial charge in [-0.1, -0.05) is 72.8 Å². The number of esters is 6. The van der Waals surface area contributed by atoms with Gasteiger partial charge in [0.2, 0.25) is 0 Å². The van der Waals surface area contributed by atoms with E-state index in [4.69, 9.17) is 56.8 Å². The Morgan fingerprint density at radius 1 is 0.226 bits per heavy atom. The molecule has 0 aliphatic rings. The summed E-state index contributed by atoms with van der Waals surface area (Å²) < 4.78 is 72.7. The highest BCUT2D eigenvalue weighted by molar-refractivity contribution is 7.98. The average molecular weight is 1480 g/mol. The fraction of sp³-hybridized carbons (Fsp3) is 0.372. The molecule has 0 aromatic heterocycles. The zero-order valence-electron chi connectivity index (χ0n) is 64.4. The lowest BCUT2D eigenvalue weighted by molar-refractivity contribution is -0.158. The van der Waals surface area contributed by atoms with Crippen molar-refractivity contribution in [2.24, 2.45) is 0 Å². The molecule has 0 radical (unpaired) electrons. The molecular weight excluding hydrogens is 1390 g/mol. The van der Waals surface area contributed by atoms with Gasteiger partial charge in [-0.05, 0) is 267 Å². The minimum absolute atomic E-state index is 0.210. The molecule has 8 rings (SSSR count). The number of hydrogen-bond acceptors (Lipinski definition) is 20. The van der Waals surface area contributed by atoms with E-state index in [1.807, 2.05) is 134 Å². The topological polar surface area (TPSA) is 213 Å². The maximum Gasteiger partial charge on any atom is 0.344 e. The highest BCUT2D eigenvalue weighted by atomic mass is 32.2. The summed E-state index contributed by atoms with van der Waals surface area (Å²) in [6.07, 6.45) is 4.00. The van der Waals surface area contributed by atoms with Crippen molar-refractivity contribution in [2.75, 3.05) is 52.2 Å². The summed E-state index contributed by atoms with van der Waals surface area (Å²) in [6, 6.07) is 49.1. The summed E-state index contributed by atoms with van der Waals surface area (Å²) in [7, 11) is 0. The first kappa shape index (κ1) is 81.7. The van der Waals surface area contributed by atoms with Gasteiger partial charge in [-0.3, -0.25) is 0 Å². The van der Waals surface area contributed by atoms with E-state index in [-0.39, 0.29) is 36.2 Å². The van der Waals surface area contributed by atoms with Crippen molar-refractivity contribution in [1.29, 1.82) is 0 Å². The first-order valence-corrected chi connectivity index (χ1v) is 37.2. The van der Waals surface area contributed by atoms with E-state index in [2.05, 4.69) is 0 Å². The van der Waals surface area contributed by atoms with E-state index >= 15 is 0 Å². The SMILES string of the molecule is CSc1ccc(-c2ccc(-c3ccc(-c4ccc(-c5ccc(-c6ccc(-c7ccc(-c8ccc(SC)cc8)c(OCC(=O)OC(C)(C)C)c7)cc6OCC(=O)OC(C)(C)C)c(OCC(=O)OC(C)(C)C)c5)cc4OCC(=O)OC(C)(C)C)c(OCC(=O)OC(C)(C)C)c3)cc2OCC(=O)OC(C)(C)C)cc1. The van der Waals surface area contributed by atoms with E-state index in [9.17, 15) is 28.8 Å². The molecule has 0 fully saturated rings. The monoisotopic (exact) mass is 1480 g/mol. The molecule has 0 N–H and O–H groups in total. The summed E-state index contributed by atoms with van der Waals surface area (Å²) in [5, 5.41) is 0. The molecule has 0 saturated carbocycles. The molecule has 0 aliphatic heterocycles. The van der Waals surface area contributed by atoms with E-state index in [1.165, 1.54) is 0 Å². The summed E-state index contributed by atoms with van der Waals surface area (Å²) >= 11 is 3.23. The Hall–Kier alpha value is -9.92. The molecule has 0 aliphatic carbocycles. The van der Waals surface area contributed by atoms with Gasteiger partial charge in [0.15, 0.2) is 39.6 Å². The molecule has 0 spiro atoms. The van der Waals surface area contributed by atoms with Gasteiger partial charge in [-0.15, -0.1) is 23.5 Å². The molecule has 8 aromatic rings. The highest BCUT2D eigenvalue weighted by Gasteiger charge is 2.27. The van der Waals surface area contributed by atoms with Crippen LogP contribution >= 0.6 is 23.5 Å². The molecule has 0 amide bonds. The molecule has 0 unspecified atom stereocenters. The van der Waals surface area contributed by atoms with Crippen LogP contribution in [0.2, 0.25) is 0 Å². The van der Waals surface area contributed by atoms with Crippen molar-refractivity contribution in [3.8, 4) is 112 Å². The molecule has 8 aromatic carbocycles. The summed E-state index contributed by atoms with van der Waals surface area (Å²) in [6.45, 7) is 29.1. The van der Waals surface area contributed by atoms with Crippen molar-refractivity contribution in [2.45, 2.75) is 168 Å². The number of carbonyl (C=O) groups is 6. The number of rotatable bonds is 27. The highest BCUT2D eigenvalue weighted by Crippen LogP contribution is 2.46. The quantitative estimate of drug-likeness (QED) is 0.0266. The molecule has 0 atom stereocenters. The van der Waals surface area contributed by atoms with Gasteiger partial charge < -0.3 is 56.8 Å². The van der Waals surface area contributed by atoms with Gasteiger partial charge >= 0.3 is 35.8 Å². The molecular formula is C86H98O18S2. The van der Waals surface area contributed by atoms with Crippen LogP contribution in [0.15, 0.2) is 168 Å². The second-order valence-electron chi connectivity index (χ2n) is 31.0. The maximum absolute atomic E-state index is 13.6. The molecule has 106 heavy (non-hydrogen) atoms. The van der Waals surface area contributed by atoms with Gasteiger partial charge in [-0.2, -0.15) is 0 Å². The Morgan fingerprint density at radius 2 is 0.377 bits per heavy atom. The number of benzene rings is 8. The number of hydrogen-bond donors (Lipinski definition) is 0. The third-order valence-corrected chi connectivity index (χ3v) is 16.4. The lowest BCUT2D eigenvalue weighted by atomic mass is 9.93. The third kappa shape index (κ3) is 25.1. The van der Waals surface area contributed by atoms with Crippen LogP contribution < -0.4 is 28.4 Å². The van der Waals surface area contributed by atoms with Crippen LogP contribution in [0, 0.1) is 0 Å². The maximum atomic E-state index is 13.6. The molecule has 562 valence electrons. The average Bonchev–Trinajstić information content (AvgIpc) is 0.786. The van der Waals surface area contributed by atoms with Crippen LogP contribution in [-0.4, -0.2) is 122 Å². The Balaban J connectivity index is 1.27. The Bertz CT molecular complexity index is 4170. The predicted molar refractivity (Wildman–Crippen MR) is 416 cm³/mol. The van der Waals surface area contributed by atoms with Gasteiger partial charge in [-0.25, -0.2) is 28.8 Å². The molecule has 0 saturated heterocycles. The molecule has 0 heterocycles. The van der Waals surface area contributed by atoms with Crippen LogP contribution in [-0.2, 0) is 57.2 Å². The van der Waals surface area contributed by atoms with Crippen LogP contribution in [0.3, 0.4) is 0 Å². The van der Waals surface area contributed by atoms with Crippen molar-refractivity contribution in [3.05, 3.63) is 158 Å². The predicted octanol–water partition coefficient (Wildman–Crippen LogP) is 19.1. The van der Waals surface area contributed by atoms with Crippen LogP contribution in [0.5, 0.6) is 34.5 Å². The van der Waals surface area contributed by atoms with Gasteiger partial charge in [0.25, 0.3) is 0 Å². The van der Waals surface area contributed by atoms with Gasteiger partial charge in [0.05, 0.1) is 0 Å². The Kier molecular flexibility index (Phi) is 26.6. The van der Waals surface area contributed by atoms with Crippen molar-refractivity contribution < 1.29 is 85.6 Å². The van der Waals surface area contributed by atoms with Crippen LogP contribution in [0.4, 0.5) is 0 Å². The molecule has 18 nitrogen and oxygen atoms in total. The fourth-order valence-electron chi connectivity index (χ4n) is 10.9. The lowest BCUT2D eigenvalue weighted by Crippen LogP contribution is -2.27. The van der Waals surface area contributed by atoms with E-state index < -0.39 is 95.8 Å². The normalized spacial score (nSPS) is 11.9. The van der Waals surface area contributed by atoms with E-state index in [0.717, 1.165) is 32.0 Å². The summed E-state index contributed by atoms with van der Waals surface area (Å²) in [4.78, 5) is 82.7. The largest absolute Gasteiger partial charge is 0.481 e. The van der Waals surface area contributed by atoms with E-state index in [1.54, 1.807) is 185 Å². The standard InChI is InChI=1S/C86H98O18S2/c1-81(2,3)99-75(87)47-93-69-41-55(25-35-63(69)53-21-31-61(105-19)32-22-53)57-27-37-65(71(43-57)95-49-77(89)101-83(7,8)9)67-39-29-59(45-73(67)97-51-79(91)103-85(13,14)15)60-30-40-68(74(46-60)98-52-80(92)104-86(16,17)18)66-38-28-58(44-72(66)96-50-78(90)102-84(10,11)12)56-26-36-64(54-23-33-62(106-20)34-24-54)70(42-56)94-48-76(88)100-82(4,5)6/h21-46H,47-52H2,1-20H3. The molecule has 20 heteroatoms. The minimum atomic E-state index is -0.852. The summed E-state index contributed by atoms with van der Waals surface area (Å²) in [5.74, 6) is -1.91. The van der Waals surface area contributed by atoms with Crippen LogP contribution in [0.1, 0.15) is 125 Å². The third-order valence-electron chi connectivity index (χ3n) is 14.9. The zero-order chi connectivity index (χ0) is 77.7. The Labute approximate surface area is 631 Å². The first-order valence-electron chi connectivity index (χ1n) is 34.8. The minimum Gasteiger partial charge on any atom is -0.481 e. The molecule has 0 bridgehead atoms. The summed E-state index contributed by atoms with van der Waals surface area (Å²) in [5.41, 5.74) is 3.94. The fourth-order valence-corrected chi connectivity index (χ4v) is 11.7. The van der Waals surface area contributed by atoms with E-state index in [0.29, 0.717) is 67.1 Å². The van der Waals surface area contributed by atoms with Crippen molar-refractivity contribution in [3.63, 3.8) is 0 Å². The smallest absolute Gasteiger partial charge is 0.344 e. The lowest BCUT2D eigenvalue weighted by Gasteiger charge is -2.22. The van der Waals surface area contributed by atoms with Crippen molar-refractivity contribution in [1.82, 2.24) is 0 Å². The number of ether oxygens (including phenoxy) is 12. The number of thioether (sulfide) groups is 2. The zero-order valence-corrected chi connectivity index (χ0v) is 66.1. The van der Waals surface area contributed by atoms with Crippen molar-refractivity contribution >= 4 is 59.3 Å². The second-order valence-corrected chi connectivity index (χ2v) is 32.7. The number of carbonyl (C=O) groups excluding carboxylic acids is 6.